The third-order valence-electron chi connectivity index (χ3n) is 3.55. The Hall–Kier alpha value is -1.16. The molecule has 0 bridgehead atoms. The van der Waals surface area contributed by atoms with Crippen LogP contribution < -0.4 is 10.6 Å². The molecule has 0 spiro atoms. The van der Waals surface area contributed by atoms with Gasteiger partial charge >= 0.3 is 0 Å². The Balaban J connectivity index is 2.50. The first kappa shape index (κ1) is 18.2. The van der Waals surface area contributed by atoms with Crippen LogP contribution in [0.15, 0.2) is 23.2 Å². The van der Waals surface area contributed by atoms with Crippen molar-refractivity contribution in [1.29, 1.82) is 0 Å². The zero-order valence-corrected chi connectivity index (χ0v) is 13.8. The van der Waals surface area contributed by atoms with Crippen molar-refractivity contribution in [3.8, 4) is 0 Å². The molecule has 1 unspecified atom stereocenters. The van der Waals surface area contributed by atoms with E-state index < -0.39 is 27.8 Å². The first-order valence-corrected chi connectivity index (χ1v) is 8.99. The number of ether oxygens (including phenoxy) is 1. The van der Waals surface area contributed by atoms with E-state index in [2.05, 4.69) is 15.6 Å². The number of rotatable bonds is 6. The van der Waals surface area contributed by atoms with Crippen molar-refractivity contribution in [2.45, 2.75) is 22.8 Å². The zero-order chi connectivity index (χ0) is 17.1. The summed E-state index contributed by atoms with van der Waals surface area (Å²) in [6, 6.07) is 2.82. The summed E-state index contributed by atoms with van der Waals surface area (Å²) in [6.45, 7) is 1.31. The molecule has 23 heavy (non-hydrogen) atoms. The highest BCUT2D eigenvalue weighted by Gasteiger charge is 2.50. The minimum absolute atomic E-state index is 0.0129. The molecule has 0 amide bonds. The average Bonchev–Trinajstić information content (AvgIpc) is 2.46. The Labute approximate surface area is 134 Å². The van der Waals surface area contributed by atoms with Gasteiger partial charge in [-0.2, -0.15) is 0 Å². The lowest BCUT2D eigenvalue weighted by atomic mass is 9.87. The van der Waals surface area contributed by atoms with E-state index in [0.717, 1.165) is 6.26 Å². The number of hydrogen-bond acceptors (Lipinski definition) is 6. The van der Waals surface area contributed by atoms with E-state index in [1.165, 1.54) is 18.3 Å². The van der Waals surface area contributed by atoms with Crippen LogP contribution in [0.4, 0.5) is 8.78 Å². The van der Waals surface area contributed by atoms with Gasteiger partial charge in [-0.15, -0.1) is 0 Å². The molecule has 0 saturated carbocycles. The lowest BCUT2D eigenvalue weighted by Gasteiger charge is -2.41. The molecule has 1 aromatic heterocycles. The number of piperidine rings is 1. The maximum atomic E-state index is 13.9. The predicted molar refractivity (Wildman–Crippen MR) is 80.8 cm³/mol. The smallest absolute Gasteiger partial charge is 0.268 e. The summed E-state index contributed by atoms with van der Waals surface area (Å²) in [4.78, 5) is 3.98. The Morgan fingerprint density at radius 2 is 2.22 bits per heavy atom. The molecule has 129 valence electrons. The van der Waals surface area contributed by atoms with Crippen LogP contribution in [0.5, 0.6) is 0 Å². The molecular weight excluding hydrogens is 328 g/mol. The minimum Gasteiger partial charge on any atom is -0.366 e. The Kier molecular flexibility index (Phi) is 5.34. The standard InChI is InChI=1S/C14H20F2N3O3S/c1-17-6-7-22-13(8-14(15,16)10-18-9-13)12-11(23(2,20)21)4-3-5-19-12/h3-5,10,17-18H,6-9H2,1-2H3. The van der Waals surface area contributed by atoms with Crippen molar-refractivity contribution in [3.05, 3.63) is 30.6 Å². The van der Waals surface area contributed by atoms with E-state index >= 15 is 0 Å². The van der Waals surface area contributed by atoms with E-state index in [1.54, 1.807) is 7.05 Å². The van der Waals surface area contributed by atoms with Crippen molar-refractivity contribution < 1.29 is 21.9 Å². The van der Waals surface area contributed by atoms with Crippen molar-refractivity contribution in [2.24, 2.45) is 0 Å². The summed E-state index contributed by atoms with van der Waals surface area (Å²) in [5.41, 5.74) is -1.51. The highest BCUT2D eigenvalue weighted by molar-refractivity contribution is 7.90. The van der Waals surface area contributed by atoms with Crippen LogP contribution in [0.3, 0.4) is 0 Å². The van der Waals surface area contributed by atoms with Crippen molar-refractivity contribution in [2.75, 3.05) is 33.0 Å². The molecule has 1 aliphatic heterocycles. The number of halogens is 2. The molecule has 1 aromatic rings. The minimum atomic E-state index is -3.63. The molecule has 1 aliphatic rings. The van der Waals surface area contributed by atoms with Crippen LogP contribution in [0.2, 0.25) is 0 Å². The number of nitrogens with one attached hydrogen (secondary N) is 2. The van der Waals surface area contributed by atoms with Crippen LogP contribution in [0, 0.1) is 6.54 Å². The van der Waals surface area contributed by atoms with Crippen molar-refractivity contribution in [3.63, 3.8) is 0 Å². The van der Waals surface area contributed by atoms with E-state index in [0.29, 0.717) is 13.1 Å². The van der Waals surface area contributed by atoms with E-state index in [-0.39, 0.29) is 23.7 Å². The fourth-order valence-electron chi connectivity index (χ4n) is 2.58. The van der Waals surface area contributed by atoms with Gasteiger partial charge in [0.1, 0.15) is 5.60 Å². The summed E-state index contributed by atoms with van der Waals surface area (Å²) >= 11 is 0. The quantitative estimate of drug-likeness (QED) is 0.737. The summed E-state index contributed by atoms with van der Waals surface area (Å²) in [5.74, 6) is -3.13. The molecule has 2 heterocycles. The first-order chi connectivity index (χ1) is 10.7. The molecule has 1 saturated heterocycles. The van der Waals surface area contributed by atoms with Gasteiger partial charge < -0.3 is 15.4 Å². The number of likely N-dealkylation sites (N-methyl/N-ethyl adjacent to an activating group) is 1. The second-order valence-corrected chi connectivity index (χ2v) is 7.52. The van der Waals surface area contributed by atoms with Crippen LogP contribution in [-0.4, -0.2) is 52.3 Å². The summed E-state index contributed by atoms with van der Waals surface area (Å²) in [5, 5.41) is 5.38. The van der Waals surface area contributed by atoms with Crippen LogP contribution in [0.1, 0.15) is 12.1 Å². The number of sulfone groups is 1. The SMILES string of the molecule is CNCCOC1(c2ncccc2S(C)(=O)=O)CN[CH]C(F)(F)C1. The van der Waals surface area contributed by atoms with Gasteiger partial charge in [-0.1, -0.05) is 0 Å². The van der Waals surface area contributed by atoms with Gasteiger partial charge in [0.15, 0.2) is 9.84 Å². The van der Waals surface area contributed by atoms with Gasteiger partial charge in [-0.3, -0.25) is 4.98 Å². The molecule has 0 aromatic carbocycles. The van der Waals surface area contributed by atoms with Gasteiger partial charge in [0, 0.05) is 32.0 Å². The van der Waals surface area contributed by atoms with Crippen molar-refractivity contribution in [1.82, 2.24) is 15.6 Å². The second-order valence-electron chi connectivity index (χ2n) is 5.53. The van der Waals surface area contributed by atoms with E-state index in [1.807, 2.05) is 0 Å². The molecule has 0 aliphatic carbocycles. The number of pyridine rings is 1. The molecule has 1 atom stereocenters. The largest absolute Gasteiger partial charge is 0.366 e. The van der Waals surface area contributed by atoms with Crippen LogP contribution in [-0.2, 0) is 20.2 Å². The van der Waals surface area contributed by atoms with E-state index in [4.69, 9.17) is 4.74 Å². The summed E-state index contributed by atoms with van der Waals surface area (Å²) < 4.78 is 57.6. The number of hydrogen-bond donors (Lipinski definition) is 2. The number of nitrogens with zero attached hydrogens (tertiary/aromatic N) is 1. The maximum absolute atomic E-state index is 13.9. The highest BCUT2D eigenvalue weighted by atomic mass is 32.2. The predicted octanol–water partition coefficient (Wildman–Crippen LogP) is 0.707. The van der Waals surface area contributed by atoms with Crippen LogP contribution in [0.25, 0.3) is 0 Å². The zero-order valence-electron chi connectivity index (χ0n) is 13.0. The van der Waals surface area contributed by atoms with Gasteiger partial charge in [0.25, 0.3) is 5.92 Å². The molecule has 2 rings (SSSR count). The lowest BCUT2D eigenvalue weighted by molar-refractivity contribution is -0.135. The molecule has 2 N–H and O–H groups in total. The van der Waals surface area contributed by atoms with Gasteiger partial charge in [0.05, 0.1) is 23.7 Å². The summed E-state index contributed by atoms with van der Waals surface area (Å²) in [7, 11) is -1.92. The Bertz CT molecular complexity index is 654. The lowest BCUT2D eigenvalue weighted by Crippen LogP contribution is -2.53. The molecule has 1 radical (unpaired) electrons. The van der Waals surface area contributed by atoms with Crippen LogP contribution >= 0.6 is 0 Å². The number of aromatic nitrogens is 1. The van der Waals surface area contributed by atoms with E-state index in [9.17, 15) is 17.2 Å². The normalized spacial score (nSPS) is 24.5. The van der Waals surface area contributed by atoms with Gasteiger partial charge in [-0.05, 0) is 19.2 Å². The fourth-order valence-corrected chi connectivity index (χ4v) is 3.49. The monoisotopic (exact) mass is 348 g/mol. The highest BCUT2D eigenvalue weighted by Crippen LogP contribution is 2.41. The molecule has 6 nitrogen and oxygen atoms in total. The molecule has 1 fully saturated rings. The second kappa shape index (κ2) is 6.76. The van der Waals surface area contributed by atoms with Crippen molar-refractivity contribution >= 4 is 9.84 Å². The average molecular weight is 348 g/mol. The Morgan fingerprint density at radius 1 is 1.48 bits per heavy atom. The summed E-state index contributed by atoms with van der Waals surface area (Å²) in [6.07, 6.45) is 1.73. The Morgan fingerprint density at radius 3 is 2.83 bits per heavy atom. The first-order valence-electron chi connectivity index (χ1n) is 7.10. The fraction of sp³-hybridized carbons (Fsp3) is 0.571. The number of alkyl halides is 2. The third kappa shape index (κ3) is 4.23. The maximum Gasteiger partial charge on any atom is 0.268 e. The topological polar surface area (TPSA) is 80.3 Å². The molecular formula is C14H20F2N3O3S. The molecule has 9 heteroatoms. The van der Waals surface area contributed by atoms with Gasteiger partial charge in [-0.25, -0.2) is 17.2 Å². The van der Waals surface area contributed by atoms with Gasteiger partial charge in [0.2, 0.25) is 0 Å². The third-order valence-corrected chi connectivity index (χ3v) is 4.68.